The van der Waals surface area contributed by atoms with Gasteiger partial charge in [0.15, 0.2) is 5.65 Å². The molecule has 6 heteroatoms. The van der Waals surface area contributed by atoms with Crippen LogP contribution in [-0.4, -0.2) is 37.8 Å². The van der Waals surface area contributed by atoms with Gasteiger partial charge in [-0.3, -0.25) is 0 Å². The van der Waals surface area contributed by atoms with E-state index >= 15 is 0 Å². The lowest BCUT2D eigenvalue weighted by atomic mass is 9.83. The van der Waals surface area contributed by atoms with Gasteiger partial charge >= 0.3 is 0 Å². The maximum absolute atomic E-state index is 9.35. The van der Waals surface area contributed by atoms with Gasteiger partial charge in [-0.1, -0.05) is 30.3 Å². The molecular formula is C28H30N4O2. The number of aryl methyl sites for hydroxylation is 1. The number of ether oxygens (including phenoxy) is 1. The molecule has 1 atom stereocenters. The van der Waals surface area contributed by atoms with E-state index in [4.69, 9.17) is 14.7 Å². The van der Waals surface area contributed by atoms with Gasteiger partial charge in [0.25, 0.3) is 0 Å². The lowest BCUT2D eigenvalue weighted by molar-refractivity contribution is 0.137. The van der Waals surface area contributed by atoms with E-state index < -0.39 is 0 Å². The Hall–Kier alpha value is -3.25. The zero-order chi connectivity index (χ0) is 22.9. The smallest absolute Gasteiger partial charge is 0.213 e. The van der Waals surface area contributed by atoms with Crippen molar-refractivity contribution < 1.29 is 9.84 Å². The lowest BCUT2D eigenvalue weighted by Crippen LogP contribution is -2.21. The number of aromatic nitrogens is 4. The molecule has 1 fully saturated rings. The summed E-state index contributed by atoms with van der Waals surface area (Å²) in [5.74, 6) is 2.75. The molecule has 4 heterocycles. The number of aliphatic hydroxyl groups excluding tert-OH is 1. The molecule has 2 aliphatic rings. The first-order chi connectivity index (χ1) is 16.8. The summed E-state index contributed by atoms with van der Waals surface area (Å²) in [7, 11) is 0. The maximum Gasteiger partial charge on any atom is 0.213 e. The fourth-order valence-electron chi connectivity index (χ4n) is 5.50. The predicted octanol–water partition coefficient (Wildman–Crippen LogP) is 5.21. The van der Waals surface area contributed by atoms with Crippen molar-refractivity contribution in [2.45, 2.75) is 44.6 Å². The van der Waals surface area contributed by atoms with E-state index in [0.29, 0.717) is 30.9 Å². The second-order valence-corrected chi connectivity index (χ2v) is 9.67. The number of imidazole rings is 1. The number of fused-ring (bicyclic) bond motifs is 3. The van der Waals surface area contributed by atoms with Gasteiger partial charge < -0.3 is 14.4 Å². The fourth-order valence-corrected chi connectivity index (χ4v) is 5.50. The van der Waals surface area contributed by atoms with Gasteiger partial charge in [0, 0.05) is 30.9 Å². The van der Waals surface area contributed by atoms with Crippen LogP contribution in [-0.2, 0) is 6.42 Å². The Balaban J connectivity index is 1.24. The highest BCUT2D eigenvalue weighted by Gasteiger charge is 2.28. The highest BCUT2D eigenvalue weighted by molar-refractivity contribution is 5.77. The summed E-state index contributed by atoms with van der Waals surface area (Å²) >= 11 is 0. The van der Waals surface area contributed by atoms with Gasteiger partial charge in [-0.05, 0) is 67.7 Å². The Morgan fingerprint density at radius 3 is 2.56 bits per heavy atom. The molecule has 0 radical (unpaired) electrons. The van der Waals surface area contributed by atoms with E-state index in [1.165, 1.54) is 5.56 Å². The van der Waals surface area contributed by atoms with Crippen molar-refractivity contribution in [2.24, 2.45) is 11.8 Å². The van der Waals surface area contributed by atoms with E-state index in [1.807, 2.05) is 18.2 Å². The first-order valence-corrected chi connectivity index (χ1v) is 12.4. The highest BCUT2D eigenvalue weighted by atomic mass is 16.5. The summed E-state index contributed by atoms with van der Waals surface area (Å²) in [6.07, 6.45) is 8.21. The van der Waals surface area contributed by atoms with Crippen molar-refractivity contribution in [3.63, 3.8) is 0 Å². The standard InChI is InChI=1S/C28H30N4O2/c33-17-19-6-8-20(9-7-19)18-34-27-16-22(14-15-29-27)23-10-11-24-28(31-23)32-25(12-13-26(32)30-24)21-4-2-1-3-5-21/h1-5,10-11,14-16,19-20,25,33H,6-9,12-13,17-18H2/t19-,20-,25-/m1/s1. The predicted molar refractivity (Wildman–Crippen MR) is 132 cm³/mol. The van der Waals surface area contributed by atoms with Crippen LogP contribution < -0.4 is 4.74 Å². The quantitative estimate of drug-likeness (QED) is 0.433. The highest BCUT2D eigenvalue weighted by Crippen LogP contribution is 2.36. The number of pyridine rings is 2. The second-order valence-electron chi connectivity index (χ2n) is 9.67. The van der Waals surface area contributed by atoms with Gasteiger partial charge in [-0.25, -0.2) is 15.0 Å². The summed E-state index contributed by atoms with van der Waals surface area (Å²) < 4.78 is 8.39. The molecule has 0 unspecified atom stereocenters. The van der Waals surface area contributed by atoms with Crippen LogP contribution in [0.15, 0.2) is 60.8 Å². The number of rotatable bonds is 6. The molecule has 6 rings (SSSR count). The van der Waals surface area contributed by atoms with Crippen LogP contribution >= 0.6 is 0 Å². The Morgan fingerprint density at radius 2 is 1.74 bits per heavy atom. The number of hydrogen-bond donors (Lipinski definition) is 1. The molecule has 0 saturated heterocycles. The van der Waals surface area contributed by atoms with E-state index in [2.05, 4.69) is 45.9 Å². The Bertz CT molecular complexity index is 1280. The number of aliphatic hydroxyl groups is 1. The van der Waals surface area contributed by atoms with Gasteiger partial charge in [0.2, 0.25) is 5.88 Å². The molecule has 34 heavy (non-hydrogen) atoms. The van der Waals surface area contributed by atoms with Crippen molar-refractivity contribution in [1.29, 1.82) is 0 Å². The summed E-state index contributed by atoms with van der Waals surface area (Å²) in [6, 6.07) is 19.0. The van der Waals surface area contributed by atoms with Crippen LogP contribution in [0.1, 0.15) is 49.5 Å². The van der Waals surface area contributed by atoms with Crippen LogP contribution in [0.25, 0.3) is 22.4 Å². The van der Waals surface area contributed by atoms with Crippen molar-refractivity contribution in [1.82, 2.24) is 19.5 Å². The van der Waals surface area contributed by atoms with Crippen LogP contribution in [0.3, 0.4) is 0 Å². The largest absolute Gasteiger partial charge is 0.477 e. The molecule has 174 valence electrons. The average Bonchev–Trinajstić information content (AvgIpc) is 3.48. The molecule has 3 aromatic heterocycles. The minimum atomic E-state index is 0.279. The first-order valence-electron chi connectivity index (χ1n) is 12.4. The molecule has 1 aliphatic heterocycles. The number of nitrogens with zero attached hydrogens (tertiary/aromatic N) is 4. The van der Waals surface area contributed by atoms with Gasteiger partial charge in [0.05, 0.1) is 18.3 Å². The van der Waals surface area contributed by atoms with Gasteiger partial charge in [-0.15, -0.1) is 0 Å². The molecule has 0 bridgehead atoms. The molecule has 1 aliphatic carbocycles. The fraction of sp³-hybridized carbons (Fsp3) is 0.393. The number of hydrogen-bond acceptors (Lipinski definition) is 5. The zero-order valence-electron chi connectivity index (χ0n) is 19.3. The van der Waals surface area contributed by atoms with Crippen LogP contribution in [0, 0.1) is 11.8 Å². The van der Waals surface area contributed by atoms with Crippen molar-refractivity contribution in [3.8, 4) is 17.1 Å². The first kappa shape index (κ1) is 21.3. The van der Waals surface area contributed by atoms with Crippen LogP contribution in [0.4, 0.5) is 0 Å². The molecular weight excluding hydrogens is 424 g/mol. The number of benzene rings is 1. The molecule has 4 aromatic rings. The molecule has 0 amide bonds. The Morgan fingerprint density at radius 1 is 0.912 bits per heavy atom. The van der Waals surface area contributed by atoms with E-state index in [1.54, 1.807) is 6.20 Å². The molecule has 1 saturated carbocycles. The third-order valence-electron chi connectivity index (χ3n) is 7.47. The van der Waals surface area contributed by atoms with Crippen LogP contribution in [0.5, 0.6) is 5.88 Å². The van der Waals surface area contributed by atoms with Crippen molar-refractivity contribution in [3.05, 3.63) is 72.2 Å². The molecule has 0 spiro atoms. The van der Waals surface area contributed by atoms with Gasteiger partial charge in [0.1, 0.15) is 11.3 Å². The SMILES string of the molecule is OC[C@H]1CC[C@H](COc2cc(-c3ccc4nc5n(c4n3)[C@@H](c3ccccc3)CC5)ccn2)CC1. The third kappa shape index (κ3) is 4.07. The second kappa shape index (κ2) is 9.18. The monoisotopic (exact) mass is 454 g/mol. The van der Waals surface area contributed by atoms with E-state index in [-0.39, 0.29) is 6.04 Å². The zero-order valence-corrected chi connectivity index (χ0v) is 19.3. The normalized spacial score (nSPS) is 22.1. The van der Waals surface area contributed by atoms with Crippen molar-refractivity contribution >= 4 is 11.2 Å². The topological polar surface area (TPSA) is 73.1 Å². The van der Waals surface area contributed by atoms with Crippen LogP contribution in [0.2, 0.25) is 0 Å². The summed E-state index contributed by atoms with van der Waals surface area (Å²) in [6.45, 7) is 0.983. The third-order valence-corrected chi connectivity index (χ3v) is 7.47. The molecule has 6 nitrogen and oxygen atoms in total. The summed E-state index contributed by atoms with van der Waals surface area (Å²) in [5, 5.41) is 9.35. The van der Waals surface area contributed by atoms with E-state index in [9.17, 15) is 5.11 Å². The Labute approximate surface area is 199 Å². The lowest BCUT2D eigenvalue weighted by Gasteiger charge is -2.26. The van der Waals surface area contributed by atoms with Gasteiger partial charge in [-0.2, -0.15) is 0 Å². The summed E-state index contributed by atoms with van der Waals surface area (Å²) in [4.78, 5) is 14.4. The maximum atomic E-state index is 9.35. The average molecular weight is 455 g/mol. The van der Waals surface area contributed by atoms with Crippen molar-refractivity contribution in [2.75, 3.05) is 13.2 Å². The minimum absolute atomic E-state index is 0.279. The Kier molecular flexibility index (Phi) is 5.75. The molecule has 1 aromatic carbocycles. The minimum Gasteiger partial charge on any atom is -0.477 e. The molecule has 1 N–H and O–H groups in total. The van der Waals surface area contributed by atoms with E-state index in [0.717, 1.165) is 66.8 Å². The summed E-state index contributed by atoms with van der Waals surface area (Å²) in [5.41, 5.74) is 5.10.